The quantitative estimate of drug-likeness (QED) is 0.617. The molecule has 0 saturated heterocycles. The second kappa shape index (κ2) is 5.38. The lowest BCUT2D eigenvalue weighted by Crippen LogP contribution is -2.14. The molecule has 5 heteroatoms. The third-order valence-electron chi connectivity index (χ3n) is 4.95. The van der Waals surface area contributed by atoms with Crippen LogP contribution >= 0.6 is 11.3 Å². The van der Waals surface area contributed by atoms with Crippen LogP contribution in [0.2, 0.25) is 0 Å². The molecule has 4 nitrogen and oxygen atoms in total. The molecular formula is C19H17NO3S. The molecule has 0 spiro atoms. The Kier molecular flexibility index (Phi) is 3.16. The predicted octanol–water partition coefficient (Wildman–Crippen LogP) is 4.39. The number of benzene rings is 1. The topological polar surface area (TPSA) is 40.5 Å². The predicted molar refractivity (Wildman–Crippen MR) is 93.4 cm³/mol. The molecule has 1 aliphatic heterocycles. The second-order valence-corrected chi connectivity index (χ2v) is 7.27. The van der Waals surface area contributed by atoms with E-state index in [-0.39, 0.29) is 12.7 Å². The van der Waals surface area contributed by atoms with Crippen LogP contribution in [0.5, 0.6) is 11.5 Å². The lowest BCUT2D eigenvalue weighted by molar-refractivity contribution is 0.0966. The van der Waals surface area contributed by atoms with Crippen molar-refractivity contribution in [1.82, 2.24) is 4.57 Å². The maximum absolute atomic E-state index is 13.2. The molecular weight excluding hydrogens is 322 g/mol. The van der Waals surface area contributed by atoms with Gasteiger partial charge in [0, 0.05) is 17.1 Å². The Labute approximate surface area is 143 Å². The zero-order valence-corrected chi connectivity index (χ0v) is 14.0. The fourth-order valence-electron chi connectivity index (χ4n) is 3.85. The zero-order valence-electron chi connectivity index (χ0n) is 13.2. The molecule has 1 aliphatic carbocycles. The molecule has 5 rings (SSSR count). The molecule has 3 aromatic rings. The molecule has 3 heterocycles. The van der Waals surface area contributed by atoms with Gasteiger partial charge in [0.1, 0.15) is 0 Å². The maximum Gasteiger partial charge on any atom is 0.272 e. The highest BCUT2D eigenvalue weighted by Gasteiger charge is 2.26. The van der Waals surface area contributed by atoms with Gasteiger partial charge in [-0.3, -0.25) is 9.36 Å². The Balaban J connectivity index is 1.80. The molecule has 0 fully saturated rings. The summed E-state index contributed by atoms with van der Waals surface area (Å²) in [6.07, 6.45) is 5.50. The van der Waals surface area contributed by atoms with Crippen molar-refractivity contribution >= 4 is 28.1 Å². The van der Waals surface area contributed by atoms with Crippen molar-refractivity contribution < 1.29 is 14.3 Å². The average Bonchev–Trinajstić information content (AvgIpc) is 3.29. The number of aryl methyl sites for hydroxylation is 1. The minimum atomic E-state index is 0.0667. The number of hydrogen-bond donors (Lipinski definition) is 0. The first kappa shape index (κ1) is 14.1. The number of rotatable bonds is 1. The van der Waals surface area contributed by atoms with E-state index in [1.807, 2.05) is 28.1 Å². The van der Waals surface area contributed by atoms with Gasteiger partial charge in [0.15, 0.2) is 11.5 Å². The Morgan fingerprint density at radius 1 is 1.08 bits per heavy atom. The highest BCUT2D eigenvalue weighted by molar-refractivity contribution is 7.12. The summed E-state index contributed by atoms with van der Waals surface area (Å²) in [7, 11) is 0. The summed E-state index contributed by atoms with van der Waals surface area (Å²) in [6.45, 7) is 0.253. The molecule has 0 amide bonds. The largest absolute Gasteiger partial charge is 0.454 e. The molecule has 0 N–H and O–H groups in total. The van der Waals surface area contributed by atoms with E-state index >= 15 is 0 Å². The molecule has 24 heavy (non-hydrogen) atoms. The van der Waals surface area contributed by atoms with Gasteiger partial charge in [0.05, 0.1) is 10.4 Å². The number of ether oxygens (including phenoxy) is 2. The van der Waals surface area contributed by atoms with Gasteiger partial charge in [-0.25, -0.2) is 0 Å². The van der Waals surface area contributed by atoms with Crippen molar-refractivity contribution in [2.75, 3.05) is 6.79 Å². The fraction of sp³-hybridized carbons (Fsp3) is 0.316. The van der Waals surface area contributed by atoms with Crippen molar-refractivity contribution in [1.29, 1.82) is 0 Å². The van der Waals surface area contributed by atoms with E-state index in [4.69, 9.17) is 9.47 Å². The van der Waals surface area contributed by atoms with Gasteiger partial charge in [0.25, 0.3) is 5.91 Å². The summed E-state index contributed by atoms with van der Waals surface area (Å²) in [6, 6.07) is 7.85. The van der Waals surface area contributed by atoms with Crippen molar-refractivity contribution in [3.8, 4) is 11.5 Å². The summed E-state index contributed by atoms with van der Waals surface area (Å²) in [5.41, 5.74) is 3.43. The van der Waals surface area contributed by atoms with Crippen molar-refractivity contribution in [2.24, 2.45) is 0 Å². The number of hydrogen-bond acceptors (Lipinski definition) is 4. The van der Waals surface area contributed by atoms with Crippen molar-refractivity contribution in [3.05, 3.63) is 45.8 Å². The van der Waals surface area contributed by atoms with Gasteiger partial charge < -0.3 is 9.47 Å². The number of thiophene rings is 1. The number of aromatic nitrogens is 1. The van der Waals surface area contributed by atoms with Crippen LogP contribution in [0.25, 0.3) is 10.9 Å². The van der Waals surface area contributed by atoms with Crippen molar-refractivity contribution in [3.63, 3.8) is 0 Å². The van der Waals surface area contributed by atoms with E-state index in [0.717, 1.165) is 46.5 Å². The molecule has 122 valence electrons. The Bertz CT molecular complexity index is 940. The van der Waals surface area contributed by atoms with Gasteiger partial charge in [0.2, 0.25) is 6.79 Å². The van der Waals surface area contributed by atoms with Crippen LogP contribution in [-0.2, 0) is 12.8 Å². The van der Waals surface area contributed by atoms with Crippen LogP contribution in [0.1, 0.15) is 40.2 Å². The van der Waals surface area contributed by atoms with Gasteiger partial charge in [-0.15, -0.1) is 11.3 Å². The summed E-state index contributed by atoms with van der Waals surface area (Å²) in [4.78, 5) is 13.9. The van der Waals surface area contributed by atoms with Gasteiger partial charge in [-0.1, -0.05) is 12.5 Å². The molecule has 0 bridgehead atoms. The average molecular weight is 339 g/mol. The van der Waals surface area contributed by atoms with Crippen LogP contribution in [0.15, 0.2) is 29.6 Å². The normalized spacial score (nSPS) is 16.2. The number of carbonyl (C=O) groups is 1. The van der Waals surface area contributed by atoms with Crippen LogP contribution in [-0.4, -0.2) is 17.3 Å². The number of fused-ring (bicyclic) bond motifs is 4. The summed E-state index contributed by atoms with van der Waals surface area (Å²) < 4.78 is 13.0. The summed E-state index contributed by atoms with van der Waals surface area (Å²) in [5, 5.41) is 3.09. The van der Waals surface area contributed by atoms with E-state index in [0.29, 0.717) is 0 Å². The molecule has 2 aliphatic rings. The Hall–Kier alpha value is -2.27. The number of nitrogens with zero attached hydrogens (tertiary/aromatic N) is 1. The Morgan fingerprint density at radius 3 is 2.75 bits per heavy atom. The van der Waals surface area contributed by atoms with E-state index in [1.165, 1.54) is 35.4 Å². The smallest absolute Gasteiger partial charge is 0.272 e. The van der Waals surface area contributed by atoms with Gasteiger partial charge in [-0.05, 0) is 48.8 Å². The van der Waals surface area contributed by atoms with Crippen LogP contribution in [0, 0.1) is 0 Å². The molecule has 2 aromatic heterocycles. The highest BCUT2D eigenvalue weighted by Crippen LogP contribution is 2.41. The van der Waals surface area contributed by atoms with E-state index in [9.17, 15) is 4.79 Å². The van der Waals surface area contributed by atoms with Gasteiger partial charge in [-0.2, -0.15) is 0 Å². The van der Waals surface area contributed by atoms with Crippen LogP contribution in [0.3, 0.4) is 0 Å². The number of carbonyl (C=O) groups excluding carboxylic acids is 1. The molecule has 0 saturated carbocycles. The standard InChI is InChI=1S/C19H17NO3S/c21-19(18-7-4-8-24-18)20-14-6-3-1-2-5-12(14)13-9-16-17(10-15(13)20)23-11-22-16/h4,7-10H,1-3,5-6,11H2. The third-order valence-corrected chi connectivity index (χ3v) is 5.81. The fourth-order valence-corrected chi connectivity index (χ4v) is 4.50. The molecule has 0 unspecified atom stereocenters. The van der Waals surface area contributed by atoms with Crippen LogP contribution in [0.4, 0.5) is 0 Å². The molecule has 0 atom stereocenters. The van der Waals surface area contributed by atoms with Crippen molar-refractivity contribution in [2.45, 2.75) is 32.1 Å². The lowest BCUT2D eigenvalue weighted by Gasteiger charge is -2.08. The highest BCUT2D eigenvalue weighted by atomic mass is 32.1. The van der Waals surface area contributed by atoms with Gasteiger partial charge >= 0.3 is 0 Å². The monoisotopic (exact) mass is 339 g/mol. The maximum atomic E-state index is 13.2. The summed E-state index contributed by atoms with van der Waals surface area (Å²) in [5.74, 6) is 1.59. The molecule has 1 aromatic carbocycles. The lowest BCUT2D eigenvalue weighted by atomic mass is 10.1. The minimum Gasteiger partial charge on any atom is -0.454 e. The van der Waals surface area contributed by atoms with E-state index < -0.39 is 0 Å². The Morgan fingerprint density at radius 2 is 1.92 bits per heavy atom. The minimum absolute atomic E-state index is 0.0667. The third kappa shape index (κ3) is 2.01. The zero-order chi connectivity index (χ0) is 16.1. The first-order valence-electron chi connectivity index (χ1n) is 8.37. The van der Waals surface area contributed by atoms with Crippen LogP contribution < -0.4 is 9.47 Å². The van der Waals surface area contributed by atoms with E-state index in [2.05, 4.69) is 6.07 Å². The van der Waals surface area contributed by atoms with E-state index in [1.54, 1.807) is 0 Å². The summed E-state index contributed by atoms with van der Waals surface area (Å²) >= 11 is 1.49. The first-order valence-corrected chi connectivity index (χ1v) is 9.25. The second-order valence-electron chi connectivity index (χ2n) is 6.33. The SMILES string of the molecule is O=C(c1cccs1)n1c2c(c3cc4c(cc31)OCO4)CCCCC2. The molecule has 0 radical (unpaired) electrons. The first-order chi connectivity index (χ1) is 11.8.